The second-order valence-corrected chi connectivity index (χ2v) is 2.13. The number of carbonyl (C=O) groups excluding carboxylic acids is 1. The van der Waals surface area contributed by atoms with Crippen LogP contribution in [0.25, 0.3) is 0 Å². The standard InChI is InChI=1S/C2H4ClNO3S/c3-2(5)1-4-8(6)7/h4H,1H2,(H,6,7). The number of hydrogen-bond donors (Lipinski definition) is 2. The predicted octanol–water partition coefficient (Wildman–Crippen LogP) is -0.522. The molecule has 0 aliphatic carbocycles. The van der Waals surface area contributed by atoms with Crippen molar-refractivity contribution in [3.8, 4) is 0 Å². The van der Waals surface area contributed by atoms with Crippen molar-refractivity contribution in [1.29, 1.82) is 0 Å². The second-order valence-electron chi connectivity index (χ2n) is 0.925. The van der Waals surface area contributed by atoms with Gasteiger partial charge in [0, 0.05) is 0 Å². The molecule has 8 heavy (non-hydrogen) atoms. The molecule has 1 atom stereocenters. The largest absolute Gasteiger partial charge is 0.294 e. The Labute approximate surface area is 53.6 Å². The van der Waals surface area contributed by atoms with Gasteiger partial charge in [-0.3, -0.25) is 9.35 Å². The molecule has 0 aromatic rings. The van der Waals surface area contributed by atoms with Gasteiger partial charge in [-0.15, -0.1) is 0 Å². The molecule has 0 saturated heterocycles. The summed E-state index contributed by atoms with van der Waals surface area (Å²) in [5, 5.41) is -0.688. The van der Waals surface area contributed by atoms with Crippen molar-refractivity contribution in [2.75, 3.05) is 6.54 Å². The van der Waals surface area contributed by atoms with Crippen LogP contribution in [0, 0.1) is 0 Å². The van der Waals surface area contributed by atoms with Gasteiger partial charge in [0.15, 0.2) is 0 Å². The van der Waals surface area contributed by atoms with Gasteiger partial charge < -0.3 is 0 Å². The fourth-order valence-electron chi connectivity index (χ4n) is 0.118. The summed E-state index contributed by atoms with van der Waals surface area (Å²) in [6.45, 7) is -0.287. The van der Waals surface area contributed by atoms with E-state index in [1.807, 2.05) is 4.72 Å². The van der Waals surface area contributed by atoms with Crippen LogP contribution in [0.5, 0.6) is 0 Å². The summed E-state index contributed by atoms with van der Waals surface area (Å²) in [6.07, 6.45) is 0. The Balaban J connectivity index is 3.18. The lowest BCUT2D eigenvalue weighted by Gasteiger charge is -1.89. The van der Waals surface area contributed by atoms with Gasteiger partial charge in [-0.2, -0.15) is 0 Å². The molecule has 6 heteroatoms. The van der Waals surface area contributed by atoms with E-state index < -0.39 is 16.5 Å². The summed E-state index contributed by atoms with van der Waals surface area (Å²) >= 11 is 2.63. The van der Waals surface area contributed by atoms with Gasteiger partial charge in [-0.25, -0.2) is 8.93 Å². The molecular weight excluding hydrogens is 154 g/mol. The van der Waals surface area contributed by atoms with E-state index in [0.29, 0.717) is 0 Å². The number of nitrogens with one attached hydrogen (secondary N) is 1. The maximum Gasteiger partial charge on any atom is 0.236 e. The quantitative estimate of drug-likeness (QED) is 0.428. The smallest absolute Gasteiger partial charge is 0.236 e. The third kappa shape index (κ3) is 6.03. The van der Waals surface area contributed by atoms with E-state index in [4.69, 9.17) is 16.2 Å². The van der Waals surface area contributed by atoms with Gasteiger partial charge in [0.1, 0.15) is 0 Å². The number of hydrogen-bond acceptors (Lipinski definition) is 2. The molecule has 2 N–H and O–H groups in total. The van der Waals surface area contributed by atoms with Crippen LogP contribution in [0.3, 0.4) is 0 Å². The van der Waals surface area contributed by atoms with Crippen LogP contribution in [0.15, 0.2) is 0 Å². The highest BCUT2D eigenvalue weighted by atomic mass is 35.5. The lowest BCUT2D eigenvalue weighted by atomic mass is 10.8. The van der Waals surface area contributed by atoms with E-state index in [1.165, 1.54) is 0 Å². The molecule has 0 amide bonds. The highest BCUT2D eigenvalue weighted by Crippen LogP contribution is 1.74. The van der Waals surface area contributed by atoms with Gasteiger partial charge in [0.2, 0.25) is 16.5 Å². The lowest BCUT2D eigenvalue weighted by Crippen LogP contribution is -2.21. The maximum atomic E-state index is 9.81. The molecule has 48 valence electrons. The minimum absolute atomic E-state index is 0.287. The van der Waals surface area contributed by atoms with Crippen molar-refractivity contribution >= 4 is 28.1 Å². The number of carbonyl (C=O) groups is 1. The van der Waals surface area contributed by atoms with Crippen molar-refractivity contribution in [2.24, 2.45) is 0 Å². The maximum absolute atomic E-state index is 9.81. The summed E-state index contributed by atoms with van der Waals surface area (Å²) < 4.78 is 19.5. The molecule has 0 saturated carbocycles. The molecule has 0 bridgehead atoms. The molecular formula is C2H4ClNO3S. The molecule has 0 aromatic carbocycles. The van der Waals surface area contributed by atoms with Crippen LogP contribution >= 0.6 is 11.6 Å². The van der Waals surface area contributed by atoms with Crippen LogP contribution < -0.4 is 4.72 Å². The van der Waals surface area contributed by atoms with Crippen molar-refractivity contribution in [1.82, 2.24) is 4.72 Å². The minimum atomic E-state index is -2.14. The van der Waals surface area contributed by atoms with E-state index >= 15 is 0 Å². The topological polar surface area (TPSA) is 66.4 Å². The Bertz CT molecular complexity index is 102. The van der Waals surface area contributed by atoms with Crippen molar-refractivity contribution in [3.05, 3.63) is 0 Å². The SMILES string of the molecule is O=C(Cl)CNS(=O)O. The Kier molecular flexibility index (Phi) is 3.98. The third-order valence-corrected chi connectivity index (χ3v) is 0.860. The summed E-state index contributed by atoms with van der Waals surface area (Å²) in [7, 11) is 0. The van der Waals surface area contributed by atoms with Gasteiger partial charge in [0.25, 0.3) is 0 Å². The Hall–Kier alpha value is 0.0300. The van der Waals surface area contributed by atoms with Gasteiger partial charge >= 0.3 is 0 Å². The zero-order chi connectivity index (χ0) is 6.57. The van der Waals surface area contributed by atoms with Crippen LogP contribution in [0.1, 0.15) is 0 Å². The van der Waals surface area contributed by atoms with Crippen molar-refractivity contribution < 1.29 is 13.6 Å². The predicted molar refractivity (Wildman–Crippen MR) is 29.6 cm³/mol. The average Bonchev–Trinajstić information content (AvgIpc) is 1.61. The summed E-state index contributed by atoms with van der Waals surface area (Å²) in [5.74, 6) is 0. The summed E-state index contributed by atoms with van der Waals surface area (Å²) in [6, 6.07) is 0. The molecule has 0 aromatic heterocycles. The zero-order valence-electron chi connectivity index (χ0n) is 3.76. The first-order chi connectivity index (χ1) is 3.63. The molecule has 0 spiro atoms. The Morgan fingerprint density at radius 1 is 1.88 bits per heavy atom. The summed E-state index contributed by atoms with van der Waals surface area (Å²) in [4.78, 5) is 9.81. The highest BCUT2D eigenvalue weighted by molar-refractivity contribution is 7.77. The Morgan fingerprint density at radius 3 is 2.50 bits per heavy atom. The summed E-state index contributed by atoms with van der Waals surface area (Å²) in [5.41, 5.74) is 0. The van der Waals surface area contributed by atoms with E-state index in [-0.39, 0.29) is 6.54 Å². The first-order valence-corrected chi connectivity index (χ1v) is 3.14. The van der Waals surface area contributed by atoms with E-state index in [0.717, 1.165) is 0 Å². The van der Waals surface area contributed by atoms with Crippen molar-refractivity contribution in [2.45, 2.75) is 0 Å². The van der Waals surface area contributed by atoms with Crippen LogP contribution in [0.2, 0.25) is 0 Å². The zero-order valence-corrected chi connectivity index (χ0v) is 5.33. The molecule has 4 nitrogen and oxygen atoms in total. The molecule has 0 aliphatic heterocycles. The van der Waals surface area contributed by atoms with Gasteiger partial charge in [-0.05, 0) is 11.6 Å². The minimum Gasteiger partial charge on any atom is -0.294 e. The fraction of sp³-hybridized carbons (Fsp3) is 0.500. The molecule has 1 unspecified atom stereocenters. The Morgan fingerprint density at radius 2 is 2.38 bits per heavy atom. The first kappa shape index (κ1) is 8.03. The molecule has 0 rings (SSSR count). The first-order valence-electron chi connectivity index (χ1n) is 1.65. The molecule has 0 aliphatic rings. The lowest BCUT2D eigenvalue weighted by molar-refractivity contribution is -0.110. The highest BCUT2D eigenvalue weighted by Gasteiger charge is 1.95. The fourth-order valence-corrected chi connectivity index (χ4v) is 0.519. The third-order valence-electron chi connectivity index (χ3n) is 0.335. The van der Waals surface area contributed by atoms with E-state index in [9.17, 15) is 9.00 Å². The van der Waals surface area contributed by atoms with Gasteiger partial charge in [-0.1, -0.05) is 0 Å². The molecule has 0 radical (unpaired) electrons. The van der Waals surface area contributed by atoms with Crippen LogP contribution in [-0.4, -0.2) is 20.5 Å². The number of rotatable bonds is 3. The van der Waals surface area contributed by atoms with Crippen LogP contribution in [0.4, 0.5) is 0 Å². The number of halogens is 1. The molecule has 0 heterocycles. The van der Waals surface area contributed by atoms with Crippen LogP contribution in [-0.2, 0) is 16.1 Å². The van der Waals surface area contributed by atoms with E-state index in [1.54, 1.807) is 0 Å². The van der Waals surface area contributed by atoms with Gasteiger partial charge in [0.05, 0.1) is 6.54 Å². The van der Waals surface area contributed by atoms with E-state index in [2.05, 4.69) is 0 Å². The normalized spacial score (nSPS) is 13.2. The van der Waals surface area contributed by atoms with Crippen molar-refractivity contribution in [3.63, 3.8) is 0 Å². The average molecular weight is 158 g/mol. The molecule has 0 fully saturated rings. The monoisotopic (exact) mass is 157 g/mol. The second kappa shape index (κ2) is 3.96.